The van der Waals surface area contributed by atoms with Crippen molar-refractivity contribution in [2.75, 3.05) is 11.1 Å². The van der Waals surface area contributed by atoms with Gasteiger partial charge in [0.25, 0.3) is 0 Å². The van der Waals surface area contributed by atoms with Crippen LogP contribution in [-0.2, 0) is 4.79 Å². The van der Waals surface area contributed by atoms with Crippen molar-refractivity contribution in [2.24, 2.45) is 17.3 Å². The number of carbonyl (C=O) groups is 1. The van der Waals surface area contributed by atoms with Gasteiger partial charge in [-0.15, -0.1) is 11.3 Å². The Morgan fingerprint density at radius 2 is 2.00 bits per heavy atom. The summed E-state index contributed by atoms with van der Waals surface area (Å²) in [6.45, 7) is 0. The third kappa shape index (κ3) is 3.96. The second kappa shape index (κ2) is 7.10. The molecule has 6 rings (SSSR count). The number of aromatic nitrogens is 1. The first-order valence-corrected chi connectivity index (χ1v) is 12.1. The quantitative estimate of drug-likeness (QED) is 0.574. The Hall–Kier alpha value is -1.32. The number of carbonyl (C=O) groups excluding carboxylic acids is 1. The van der Waals surface area contributed by atoms with Crippen LogP contribution >= 0.6 is 23.1 Å². The van der Waals surface area contributed by atoms with E-state index in [-0.39, 0.29) is 11.7 Å². The average molecular weight is 457 g/mol. The van der Waals surface area contributed by atoms with Gasteiger partial charge in [0.2, 0.25) is 5.91 Å². The lowest BCUT2D eigenvalue weighted by Crippen LogP contribution is -2.59. The molecule has 9 heteroatoms. The largest absolute Gasteiger partial charge is 0.390 e. The third-order valence-corrected chi connectivity index (χ3v) is 8.91. The number of aliphatic hydroxyl groups is 1. The monoisotopic (exact) mass is 456 g/mol. The molecular formula is C21H23F3N2O2S2. The Morgan fingerprint density at radius 1 is 1.27 bits per heavy atom. The van der Waals surface area contributed by atoms with E-state index in [1.807, 2.05) is 6.07 Å². The smallest absolute Gasteiger partial charge is 0.389 e. The second-order valence-electron chi connectivity index (χ2n) is 9.30. The summed E-state index contributed by atoms with van der Waals surface area (Å²) >= 11 is 2.44. The number of thioether (sulfide) groups is 1. The Morgan fingerprint density at radius 3 is 2.67 bits per heavy atom. The fraction of sp³-hybridized carbons (Fsp3) is 0.619. The molecule has 4 aliphatic rings. The summed E-state index contributed by atoms with van der Waals surface area (Å²) in [5, 5.41) is 13.9. The van der Waals surface area contributed by atoms with Crippen molar-refractivity contribution in [1.29, 1.82) is 0 Å². The number of nitrogens with one attached hydrogen (secondary N) is 1. The molecule has 4 saturated carbocycles. The van der Waals surface area contributed by atoms with Gasteiger partial charge in [0.15, 0.2) is 4.34 Å². The third-order valence-electron chi connectivity index (χ3n) is 6.75. The Labute approximate surface area is 180 Å². The first kappa shape index (κ1) is 20.6. The average Bonchev–Trinajstić information content (AvgIpc) is 3.00. The van der Waals surface area contributed by atoms with E-state index in [9.17, 15) is 23.1 Å². The Bertz CT molecular complexity index is 976. The van der Waals surface area contributed by atoms with Crippen molar-refractivity contribution >= 4 is 44.9 Å². The summed E-state index contributed by atoms with van der Waals surface area (Å²) in [5.74, 6) is 0.795. The summed E-state index contributed by atoms with van der Waals surface area (Å²) in [6, 6.07) is 5.43. The fourth-order valence-corrected chi connectivity index (χ4v) is 8.20. The maximum atomic E-state index is 13.2. The van der Waals surface area contributed by atoms with E-state index in [4.69, 9.17) is 0 Å². The molecule has 2 unspecified atom stereocenters. The molecule has 1 amide bonds. The van der Waals surface area contributed by atoms with Gasteiger partial charge in [-0.25, -0.2) is 4.98 Å². The molecule has 1 aromatic heterocycles. The van der Waals surface area contributed by atoms with Crippen LogP contribution in [0.15, 0.2) is 22.5 Å². The van der Waals surface area contributed by atoms with E-state index in [0.717, 1.165) is 54.1 Å². The van der Waals surface area contributed by atoms with Crippen molar-refractivity contribution in [3.05, 3.63) is 18.2 Å². The number of amides is 1. The minimum Gasteiger partial charge on any atom is -0.390 e. The molecule has 0 saturated heterocycles. The maximum absolute atomic E-state index is 13.2. The summed E-state index contributed by atoms with van der Waals surface area (Å²) in [5.41, 5.74) is 0.216. The molecule has 2 N–H and O–H groups in total. The molecule has 4 fully saturated rings. The van der Waals surface area contributed by atoms with E-state index in [0.29, 0.717) is 28.3 Å². The molecule has 162 valence electrons. The molecule has 2 aromatic rings. The van der Waals surface area contributed by atoms with Crippen LogP contribution in [0.25, 0.3) is 10.2 Å². The lowest BCUT2D eigenvalue weighted by Gasteiger charge is -2.59. The number of hydrogen-bond donors (Lipinski definition) is 2. The number of halogens is 3. The Kier molecular flexibility index (Phi) is 4.87. The highest BCUT2D eigenvalue weighted by Gasteiger charge is 2.60. The van der Waals surface area contributed by atoms with Crippen LogP contribution in [0.4, 0.5) is 18.9 Å². The molecule has 4 aliphatic carbocycles. The molecule has 0 spiro atoms. The van der Waals surface area contributed by atoms with Gasteiger partial charge >= 0.3 is 6.18 Å². The van der Waals surface area contributed by atoms with Crippen LogP contribution in [0, 0.1) is 17.3 Å². The molecule has 4 bridgehead atoms. The highest BCUT2D eigenvalue weighted by Crippen LogP contribution is 2.61. The SMILES string of the molecule is O=C(Nc1ccc2nc(SCCC(F)(F)F)sc2c1)C12CC3CC(CC(O)(C3)C1)C2. The summed E-state index contributed by atoms with van der Waals surface area (Å²) in [7, 11) is 0. The van der Waals surface area contributed by atoms with Crippen molar-refractivity contribution in [1.82, 2.24) is 4.98 Å². The normalized spacial score (nSPS) is 32.7. The van der Waals surface area contributed by atoms with Gasteiger partial charge in [0.05, 0.1) is 27.7 Å². The predicted octanol–water partition coefficient (Wildman–Crippen LogP) is 5.61. The van der Waals surface area contributed by atoms with Gasteiger partial charge in [-0.3, -0.25) is 4.79 Å². The maximum Gasteiger partial charge on any atom is 0.389 e. The zero-order chi connectivity index (χ0) is 21.1. The number of fused-ring (bicyclic) bond motifs is 1. The highest BCUT2D eigenvalue weighted by molar-refractivity contribution is 8.01. The van der Waals surface area contributed by atoms with Gasteiger partial charge in [-0.1, -0.05) is 11.8 Å². The van der Waals surface area contributed by atoms with Crippen LogP contribution in [0.2, 0.25) is 0 Å². The molecule has 1 heterocycles. The number of anilines is 1. The van der Waals surface area contributed by atoms with Crippen molar-refractivity contribution < 1.29 is 23.1 Å². The predicted molar refractivity (Wildman–Crippen MR) is 112 cm³/mol. The highest BCUT2D eigenvalue weighted by atomic mass is 32.2. The van der Waals surface area contributed by atoms with Crippen LogP contribution in [0.1, 0.15) is 44.9 Å². The summed E-state index contributed by atoms with van der Waals surface area (Å²) in [6.07, 6.45) is -0.00141. The van der Waals surface area contributed by atoms with Gasteiger partial charge < -0.3 is 10.4 Å². The molecule has 0 radical (unpaired) electrons. The fourth-order valence-electron chi connectivity index (χ4n) is 6.04. The van der Waals surface area contributed by atoms with Crippen LogP contribution in [0.3, 0.4) is 0 Å². The molecule has 4 nitrogen and oxygen atoms in total. The molecule has 0 aliphatic heterocycles. The standard InChI is InChI=1S/C21H23F3N2O2S2/c22-21(23,24)3-4-29-18-26-15-2-1-14(6-16(15)30-18)25-17(27)19-7-12-5-13(8-19)10-20(28,9-12)11-19/h1-2,6,12-13,28H,3-5,7-11H2,(H,25,27). The Balaban J connectivity index is 1.29. The number of alkyl halides is 3. The number of hydrogen-bond acceptors (Lipinski definition) is 5. The van der Waals surface area contributed by atoms with E-state index in [2.05, 4.69) is 10.3 Å². The molecule has 2 atom stereocenters. The zero-order valence-electron chi connectivity index (χ0n) is 16.3. The number of benzene rings is 1. The molecular weight excluding hydrogens is 433 g/mol. The summed E-state index contributed by atoms with van der Waals surface area (Å²) < 4.78 is 38.5. The van der Waals surface area contributed by atoms with Crippen molar-refractivity contribution in [3.8, 4) is 0 Å². The van der Waals surface area contributed by atoms with E-state index in [1.54, 1.807) is 12.1 Å². The van der Waals surface area contributed by atoms with Gasteiger partial charge in [0.1, 0.15) is 0 Å². The van der Waals surface area contributed by atoms with Gasteiger partial charge in [-0.05, 0) is 68.6 Å². The number of thiazole rings is 1. The lowest BCUT2D eigenvalue weighted by atomic mass is 9.47. The van der Waals surface area contributed by atoms with Gasteiger partial charge in [-0.2, -0.15) is 13.2 Å². The first-order valence-electron chi connectivity index (χ1n) is 10.3. The van der Waals surface area contributed by atoms with E-state index >= 15 is 0 Å². The van der Waals surface area contributed by atoms with E-state index in [1.165, 1.54) is 11.3 Å². The van der Waals surface area contributed by atoms with E-state index < -0.39 is 23.6 Å². The van der Waals surface area contributed by atoms with Crippen molar-refractivity contribution in [2.45, 2.75) is 61.1 Å². The minimum atomic E-state index is -4.16. The molecule has 1 aromatic carbocycles. The number of nitrogens with zero attached hydrogens (tertiary/aromatic N) is 1. The van der Waals surface area contributed by atoms with Crippen LogP contribution < -0.4 is 5.32 Å². The lowest BCUT2D eigenvalue weighted by molar-refractivity contribution is -0.174. The van der Waals surface area contributed by atoms with Crippen LogP contribution in [0.5, 0.6) is 0 Å². The molecule has 30 heavy (non-hydrogen) atoms. The zero-order valence-corrected chi connectivity index (χ0v) is 17.9. The second-order valence-corrected chi connectivity index (χ2v) is 11.7. The topological polar surface area (TPSA) is 62.2 Å². The first-order chi connectivity index (χ1) is 14.1. The van der Waals surface area contributed by atoms with Gasteiger partial charge in [0, 0.05) is 11.4 Å². The van der Waals surface area contributed by atoms with Crippen molar-refractivity contribution in [3.63, 3.8) is 0 Å². The summed E-state index contributed by atoms with van der Waals surface area (Å²) in [4.78, 5) is 17.6. The van der Waals surface area contributed by atoms with Crippen LogP contribution in [-0.4, -0.2) is 33.5 Å². The number of rotatable bonds is 5. The minimum absolute atomic E-state index is 0.0151.